The zero-order chi connectivity index (χ0) is 19.4. The molecular weight excluding hydrogens is 364 g/mol. The number of methoxy groups -OCH3 is 1. The van der Waals surface area contributed by atoms with E-state index in [1.807, 2.05) is 25.2 Å². The monoisotopic (exact) mass is 388 g/mol. The Kier molecular flexibility index (Phi) is 5.70. The Morgan fingerprint density at radius 1 is 1.19 bits per heavy atom. The zero-order valence-electron chi connectivity index (χ0n) is 15.6. The van der Waals surface area contributed by atoms with Crippen LogP contribution in [0.3, 0.4) is 0 Å². The van der Waals surface area contributed by atoms with E-state index < -0.39 is 9.84 Å². The van der Waals surface area contributed by atoms with E-state index in [-0.39, 0.29) is 23.0 Å². The Morgan fingerprint density at radius 2 is 1.93 bits per heavy atom. The molecule has 0 unspecified atom stereocenters. The molecule has 0 saturated carbocycles. The Hall–Kier alpha value is -2.54. The van der Waals surface area contributed by atoms with Gasteiger partial charge in [0.2, 0.25) is 5.91 Å². The minimum absolute atomic E-state index is 0.0959. The number of sulfone groups is 1. The molecular formula is C20H24N2O4S. The summed E-state index contributed by atoms with van der Waals surface area (Å²) in [7, 11) is 0.0325. The standard InChI is InChI=1S/C20H24N2O4S/c1-22-12-3-4-15-5-6-16(14-19(15)22)21-20(23)11-13-27(24,25)18-9-7-17(26-2)8-10-18/h5-10,14H,3-4,11-13H2,1-2H3,(H,21,23). The molecule has 6 nitrogen and oxygen atoms in total. The topological polar surface area (TPSA) is 75.7 Å². The van der Waals surface area contributed by atoms with Crippen molar-refractivity contribution in [3.05, 3.63) is 48.0 Å². The summed E-state index contributed by atoms with van der Waals surface area (Å²) < 4.78 is 29.8. The maximum Gasteiger partial charge on any atom is 0.225 e. The number of carbonyl (C=O) groups is 1. The van der Waals surface area contributed by atoms with E-state index >= 15 is 0 Å². The van der Waals surface area contributed by atoms with Crippen molar-refractivity contribution in [3.63, 3.8) is 0 Å². The number of nitrogens with one attached hydrogen (secondary N) is 1. The average molecular weight is 388 g/mol. The van der Waals surface area contributed by atoms with Gasteiger partial charge in [-0.1, -0.05) is 6.07 Å². The highest BCUT2D eigenvalue weighted by Gasteiger charge is 2.18. The number of ether oxygens (including phenoxy) is 1. The van der Waals surface area contributed by atoms with Gasteiger partial charge in [-0.3, -0.25) is 4.79 Å². The van der Waals surface area contributed by atoms with Crippen LogP contribution < -0.4 is 15.0 Å². The summed E-state index contributed by atoms with van der Waals surface area (Å²) in [6.07, 6.45) is 2.06. The summed E-state index contributed by atoms with van der Waals surface area (Å²) >= 11 is 0. The number of anilines is 2. The van der Waals surface area contributed by atoms with Crippen LogP contribution >= 0.6 is 0 Å². The van der Waals surface area contributed by atoms with Gasteiger partial charge >= 0.3 is 0 Å². The molecule has 0 aromatic heterocycles. The average Bonchev–Trinajstić information content (AvgIpc) is 2.67. The van der Waals surface area contributed by atoms with Gasteiger partial charge in [0.1, 0.15) is 5.75 Å². The predicted octanol–water partition coefficient (Wildman–Crippen LogP) is 2.88. The minimum atomic E-state index is -3.52. The van der Waals surface area contributed by atoms with E-state index in [1.165, 1.54) is 24.8 Å². The number of carbonyl (C=O) groups excluding carboxylic acids is 1. The summed E-state index contributed by atoms with van der Waals surface area (Å²) in [6, 6.07) is 12.0. The molecule has 7 heteroatoms. The summed E-state index contributed by atoms with van der Waals surface area (Å²) in [4.78, 5) is 14.6. The number of fused-ring (bicyclic) bond motifs is 1. The van der Waals surface area contributed by atoms with E-state index in [1.54, 1.807) is 12.1 Å². The second-order valence-corrected chi connectivity index (χ2v) is 8.77. The molecule has 2 aromatic carbocycles. The molecule has 0 fully saturated rings. The molecule has 1 amide bonds. The first-order chi connectivity index (χ1) is 12.9. The van der Waals surface area contributed by atoms with Crippen LogP contribution in [-0.4, -0.2) is 40.8 Å². The molecule has 27 heavy (non-hydrogen) atoms. The molecule has 0 spiro atoms. The lowest BCUT2D eigenvalue weighted by molar-refractivity contribution is -0.115. The Bertz CT molecular complexity index is 923. The van der Waals surface area contributed by atoms with Crippen molar-refractivity contribution >= 4 is 27.1 Å². The van der Waals surface area contributed by atoms with Gasteiger partial charge in [0, 0.05) is 31.4 Å². The van der Waals surface area contributed by atoms with Gasteiger partial charge in [-0.25, -0.2) is 8.42 Å². The van der Waals surface area contributed by atoms with Crippen LogP contribution in [0.25, 0.3) is 0 Å². The van der Waals surface area contributed by atoms with Crippen molar-refractivity contribution in [2.75, 3.05) is 36.7 Å². The first-order valence-corrected chi connectivity index (χ1v) is 10.5. The Morgan fingerprint density at radius 3 is 2.63 bits per heavy atom. The van der Waals surface area contributed by atoms with Gasteiger partial charge in [-0.05, 0) is 54.8 Å². The third-order valence-electron chi connectivity index (χ3n) is 4.74. The summed E-state index contributed by atoms with van der Waals surface area (Å²) in [5.41, 5.74) is 3.07. The largest absolute Gasteiger partial charge is 0.497 e. The molecule has 0 atom stereocenters. The molecule has 3 rings (SSSR count). The second-order valence-electron chi connectivity index (χ2n) is 6.66. The van der Waals surface area contributed by atoms with Gasteiger partial charge < -0.3 is 15.0 Å². The molecule has 144 valence electrons. The van der Waals surface area contributed by atoms with Gasteiger partial charge in [0.15, 0.2) is 9.84 Å². The van der Waals surface area contributed by atoms with Crippen molar-refractivity contribution in [1.29, 1.82) is 0 Å². The number of nitrogens with zero attached hydrogens (tertiary/aromatic N) is 1. The fourth-order valence-electron chi connectivity index (χ4n) is 3.19. The number of rotatable bonds is 6. The first kappa shape index (κ1) is 19.2. The molecule has 1 N–H and O–H groups in total. The summed E-state index contributed by atoms with van der Waals surface area (Å²) in [5.74, 6) is 0.0327. The minimum Gasteiger partial charge on any atom is -0.497 e. The van der Waals surface area contributed by atoms with Crippen LogP contribution in [0.2, 0.25) is 0 Å². The fourth-order valence-corrected chi connectivity index (χ4v) is 4.43. The number of aryl methyl sites for hydroxylation is 1. The Labute approximate surface area is 160 Å². The van der Waals surface area contributed by atoms with Crippen LogP contribution in [0.1, 0.15) is 18.4 Å². The second kappa shape index (κ2) is 8.00. The maximum atomic E-state index is 12.4. The van der Waals surface area contributed by atoms with Gasteiger partial charge in [0.05, 0.1) is 17.8 Å². The fraction of sp³-hybridized carbons (Fsp3) is 0.350. The number of hydrogen-bond donors (Lipinski definition) is 1. The van der Waals surface area contributed by atoms with Crippen LogP contribution in [0.4, 0.5) is 11.4 Å². The summed E-state index contributed by atoms with van der Waals surface area (Å²) in [6.45, 7) is 0.991. The van der Waals surface area contributed by atoms with E-state index in [2.05, 4.69) is 10.2 Å². The van der Waals surface area contributed by atoms with E-state index in [9.17, 15) is 13.2 Å². The van der Waals surface area contributed by atoms with Crippen LogP contribution in [-0.2, 0) is 21.1 Å². The molecule has 1 heterocycles. The van der Waals surface area contributed by atoms with Crippen molar-refractivity contribution in [3.8, 4) is 5.75 Å². The van der Waals surface area contributed by atoms with Gasteiger partial charge in [0.25, 0.3) is 0 Å². The third kappa shape index (κ3) is 4.60. The van der Waals surface area contributed by atoms with Crippen molar-refractivity contribution in [1.82, 2.24) is 0 Å². The van der Waals surface area contributed by atoms with Crippen LogP contribution in [0.15, 0.2) is 47.4 Å². The van der Waals surface area contributed by atoms with Crippen molar-refractivity contribution in [2.45, 2.75) is 24.2 Å². The lowest BCUT2D eigenvalue weighted by Crippen LogP contribution is -2.25. The molecule has 2 aromatic rings. The Balaban J connectivity index is 1.61. The number of benzene rings is 2. The first-order valence-electron chi connectivity index (χ1n) is 8.90. The molecule has 0 saturated heterocycles. The summed E-state index contributed by atoms with van der Waals surface area (Å²) in [5, 5.41) is 2.80. The predicted molar refractivity (Wildman–Crippen MR) is 106 cm³/mol. The highest BCUT2D eigenvalue weighted by molar-refractivity contribution is 7.91. The van der Waals surface area contributed by atoms with Crippen molar-refractivity contribution in [2.24, 2.45) is 0 Å². The van der Waals surface area contributed by atoms with Gasteiger partial charge in [-0.15, -0.1) is 0 Å². The molecule has 0 aliphatic carbocycles. The third-order valence-corrected chi connectivity index (χ3v) is 6.47. The lowest BCUT2D eigenvalue weighted by atomic mass is 10.0. The van der Waals surface area contributed by atoms with E-state index in [0.29, 0.717) is 11.4 Å². The molecule has 1 aliphatic heterocycles. The highest BCUT2D eigenvalue weighted by atomic mass is 32.2. The van der Waals surface area contributed by atoms with E-state index in [4.69, 9.17) is 4.74 Å². The zero-order valence-corrected chi connectivity index (χ0v) is 16.4. The number of amides is 1. The molecule has 0 radical (unpaired) electrons. The maximum absolute atomic E-state index is 12.4. The van der Waals surface area contributed by atoms with Crippen LogP contribution in [0.5, 0.6) is 5.75 Å². The molecule has 1 aliphatic rings. The van der Waals surface area contributed by atoms with Gasteiger partial charge in [-0.2, -0.15) is 0 Å². The van der Waals surface area contributed by atoms with Crippen LogP contribution in [0, 0.1) is 0 Å². The number of hydrogen-bond acceptors (Lipinski definition) is 5. The SMILES string of the molecule is COc1ccc(S(=O)(=O)CCC(=O)Nc2ccc3c(c2)N(C)CCC3)cc1. The normalized spacial score (nSPS) is 13.8. The molecule has 0 bridgehead atoms. The highest BCUT2D eigenvalue weighted by Crippen LogP contribution is 2.29. The smallest absolute Gasteiger partial charge is 0.225 e. The quantitative estimate of drug-likeness (QED) is 0.824. The van der Waals surface area contributed by atoms with E-state index in [0.717, 1.165) is 25.1 Å². The lowest BCUT2D eigenvalue weighted by Gasteiger charge is -2.28. The van der Waals surface area contributed by atoms with Crippen molar-refractivity contribution < 1.29 is 17.9 Å².